The number of nitrogens with two attached hydrogens (primary N) is 1. The van der Waals surface area contributed by atoms with Gasteiger partial charge in [0.1, 0.15) is 0 Å². The molecule has 0 radical (unpaired) electrons. The van der Waals surface area contributed by atoms with Gasteiger partial charge in [0, 0.05) is 25.6 Å². The van der Waals surface area contributed by atoms with E-state index in [0.29, 0.717) is 25.9 Å². The highest BCUT2D eigenvalue weighted by molar-refractivity contribution is 5.81. The van der Waals surface area contributed by atoms with Crippen LogP contribution in [0.25, 0.3) is 0 Å². The molecule has 5 heteroatoms. The van der Waals surface area contributed by atoms with Crippen LogP contribution in [0.2, 0.25) is 0 Å². The number of rotatable bonds is 5. The Morgan fingerprint density at radius 2 is 2.00 bits per heavy atom. The quantitative estimate of drug-likeness (QED) is 0.807. The van der Waals surface area contributed by atoms with Gasteiger partial charge in [0.25, 0.3) is 0 Å². The van der Waals surface area contributed by atoms with Crippen LogP contribution in [0.15, 0.2) is 0 Å². The molecule has 1 amide bonds. The summed E-state index contributed by atoms with van der Waals surface area (Å²) in [6, 6.07) is -0.207. The summed E-state index contributed by atoms with van der Waals surface area (Å²) in [7, 11) is 0. The van der Waals surface area contributed by atoms with Crippen molar-refractivity contribution in [3.8, 4) is 0 Å². The Morgan fingerprint density at radius 1 is 1.40 bits per heavy atom. The second-order valence-corrected chi connectivity index (χ2v) is 7.08. The monoisotopic (exact) mass is 284 g/mol. The first-order valence-corrected chi connectivity index (χ1v) is 7.39. The summed E-state index contributed by atoms with van der Waals surface area (Å²) >= 11 is 0. The number of carboxylic acids is 1. The Labute approximate surface area is 121 Å². The predicted octanol–water partition coefficient (Wildman–Crippen LogP) is 1.85. The Balaban J connectivity index is 2.67. The van der Waals surface area contributed by atoms with Crippen molar-refractivity contribution in [3.05, 3.63) is 0 Å². The maximum Gasteiger partial charge on any atom is 0.311 e. The zero-order chi connectivity index (χ0) is 15.6. The zero-order valence-electron chi connectivity index (χ0n) is 13.1. The highest BCUT2D eigenvalue weighted by Gasteiger charge is 2.45. The number of likely N-dealkylation sites (tertiary alicyclic amines) is 1. The molecule has 5 nitrogen and oxygen atoms in total. The molecule has 0 aromatic rings. The van der Waals surface area contributed by atoms with Gasteiger partial charge in [-0.25, -0.2) is 0 Å². The lowest BCUT2D eigenvalue weighted by Gasteiger charge is -2.29. The number of carbonyl (C=O) groups excluding carboxylic acids is 1. The van der Waals surface area contributed by atoms with Crippen LogP contribution >= 0.6 is 0 Å². The summed E-state index contributed by atoms with van der Waals surface area (Å²) in [6.07, 6.45) is 2.27. The zero-order valence-corrected chi connectivity index (χ0v) is 13.1. The third kappa shape index (κ3) is 3.72. The molecular weight excluding hydrogens is 256 g/mol. The van der Waals surface area contributed by atoms with Gasteiger partial charge in [-0.1, -0.05) is 34.1 Å². The summed E-state index contributed by atoms with van der Waals surface area (Å²) in [5.41, 5.74) is 5.17. The molecule has 0 bridgehead atoms. The maximum absolute atomic E-state index is 12.3. The fourth-order valence-electron chi connectivity index (χ4n) is 2.67. The first-order valence-electron chi connectivity index (χ1n) is 7.39. The Hall–Kier alpha value is -1.10. The molecular formula is C15H28N2O3. The number of hydrogen-bond acceptors (Lipinski definition) is 3. The molecule has 0 aromatic heterocycles. The van der Waals surface area contributed by atoms with E-state index in [1.807, 2.05) is 27.7 Å². The van der Waals surface area contributed by atoms with Gasteiger partial charge in [0.05, 0.1) is 5.41 Å². The topological polar surface area (TPSA) is 83.6 Å². The van der Waals surface area contributed by atoms with Crippen LogP contribution in [0.3, 0.4) is 0 Å². The largest absolute Gasteiger partial charge is 0.481 e. The molecule has 0 spiro atoms. The van der Waals surface area contributed by atoms with E-state index < -0.39 is 11.4 Å². The second kappa shape index (κ2) is 6.12. The minimum Gasteiger partial charge on any atom is -0.481 e. The van der Waals surface area contributed by atoms with Crippen molar-refractivity contribution in [2.24, 2.45) is 16.6 Å². The van der Waals surface area contributed by atoms with Crippen LogP contribution in [0.4, 0.5) is 0 Å². The van der Waals surface area contributed by atoms with Gasteiger partial charge >= 0.3 is 5.97 Å². The van der Waals surface area contributed by atoms with Crippen LogP contribution in [0.5, 0.6) is 0 Å². The molecule has 1 heterocycles. The molecule has 1 rings (SSSR count). The Morgan fingerprint density at radius 3 is 2.45 bits per heavy atom. The van der Waals surface area contributed by atoms with Crippen LogP contribution in [-0.2, 0) is 9.59 Å². The van der Waals surface area contributed by atoms with Crippen molar-refractivity contribution in [1.82, 2.24) is 4.90 Å². The minimum atomic E-state index is -0.783. The standard InChI is InChI=1S/C15H28N2O3/c1-5-6-15(13(19)20)7-8-17(10-15)12(18)9-11(16)14(2,3)4/h11H,5-10,16H2,1-4H3,(H,19,20). The van der Waals surface area contributed by atoms with Gasteiger partial charge < -0.3 is 15.7 Å². The predicted molar refractivity (Wildman–Crippen MR) is 78.2 cm³/mol. The van der Waals surface area contributed by atoms with E-state index in [0.717, 1.165) is 6.42 Å². The van der Waals surface area contributed by atoms with Crippen molar-refractivity contribution in [2.75, 3.05) is 13.1 Å². The van der Waals surface area contributed by atoms with Crippen molar-refractivity contribution >= 4 is 11.9 Å². The molecule has 3 N–H and O–H groups in total. The van der Waals surface area contributed by atoms with E-state index in [1.165, 1.54) is 0 Å². The Bertz CT molecular complexity index is 376. The van der Waals surface area contributed by atoms with Gasteiger partial charge in [-0.15, -0.1) is 0 Å². The van der Waals surface area contributed by atoms with Crippen LogP contribution in [-0.4, -0.2) is 41.0 Å². The normalized spacial score (nSPS) is 24.8. The van der Waals surface area contributed by atoms with E-state index >= 15 is 0 Å². The van der Waals surface area contributed by atoms with E-state index in [2.05, 4.69) is 0 Å². The van der Waals surface area contributed by atoms with Crippen molar-refractivity contribution in [2.45, 2.75) is 59.4 Å². The third-order valence-corrected chi connectivity index (χ3v) is 4.40. The number of carboxylic acid groups (broad SMARTS) is 1. The van der Waals surface area contributed by atoms with Crippen LogP contribution in [0, 0.1) is 10.8 Å². The van der Waals surface area contributed by atoms with Crippen molar-refractivity contribution in [1.29, 1.82) is 0 Å². The fourth-order valence-corrected chi connectivity index (χ4v) is 2.67. The molecule has 20 heavy (non-hydrogen) atoms. The number of aliphatic carboxylic acids is 1. The highest BCUT2D eigenvalue weighted by Crippen LogP contribution is 2.36. The number of nitrogens with zero attached hydrogens (tertiary/aromatic N) is 1. The average molecular weight is 284 g/mol. The molecule has 116 valence electrons. The number of carbonyl (C=O) groups is 2. The molecule has 2 unspecified atom stereocenters. The van der Waals surface area contributed by atoms with Crippen molar-refractivity contribution < 1.29 is 14.7 Å². The molecule has 0 saturated carbocycles. The van der Waals surface area contributed by atoms with E-state index in [4.69, 9.17) is 5.73 Å². The molecule has 1 fully saturated rings. The highest BCUT2D eigenvalue weighted by atomic mass is 16.4. The molecule has 0 aliphatic carbocycles. The number of amides is 1. The molecule has 1 aliphatic rings. The smallest absolute Gasteiger partial charge is 0.311 e. The van der Waals surface area contributed by atoms with E-state index in [-0.39, 0.29) is 23.8 Å². The lowest BCUT2D eigenvalue weighted by molar-refractivity contribution is -0.149. The molecule has 0 aromatic carbocycles. The number of hydrogen-bond donors (Lipinski definition) is 2. The fraction of sp³-hybridized carbons (Fsp3) is 0.867. The lowest BCUT2D eigenvalue weighted by atomic mass is 9.82. The molecule has 1 saturated heterocycles. The van der Waals surface area contributed by atoms with Crippen LogP contribution in [0.1, 0.15) is 53.4 Å². The van der Waals surface area contributed by atoms with Gasteiger partial charge in [0.2, 0.25) is 5.91 Å². The van der Waals surface area contributed by atoms with Gasteiger partial charge in [0.15, 0.2) is 0 Å². The molecule has 2 atom stereocenters. The second-order valence-electron chi connectivity index (χ2n) is 7.08. The van der Waals surface area contributed by atoms with Gasteiger partial charge in [-0.3, -0.25) is 9.59 Å². The lowest BCUT2D eigenvalue weighted by Crippen LogP contribution is -2.42. The maximum atomic E-state index is 12.3. The molecule has 1 aliphatic heterocycles. The summed E-state index contributed by atoms with van der Waals surface area (Å²) in [5.74, 6) is -0.804. The van der Waals surface area contributed by atoms with Crippen LogP contribution < -0.4 is 5.73 Å². The first-order chi connectivity index (χ1) is 9.12. The van der Waals surface area contributed by atoms with Gasteiger partial charge in [-0.2, -0.15) is 0 Å². The summed E-state index contributed by atoms with van der Waals surface area (Å²) in [5, 5.41) is 9.44. The van der Waals surface area contributed by atoms with E-state index in [9.17, 15) is 14.7 Å². The summed E-state index contributed by atoms with van der Waals surface area (Å²) in [4.78, 5) is 25.4. The van der Waals surface area contributed by atoms with Crippen molar-refractivity contribution in [3.63, 3.8) is 0 Å². The third-order valence-electron chi connectivity index (χ3n) is 4.40. The summed E-state index contributed by atoms with van der Waals surface area (Å²) in [6.45, 7) is 8.85. The minimum absolute atomic E-state index is 0.0216. The van der Waals surface area contributed by atoms with Gasteiger partial charge in [-0.05, 0) is 18.3 Å². The SMILES string of the molecule is CCCC1(C(=O)O)CCN(C(=O)CC(N)C(C)(C)C)C1. The van der Waals surface area contributed by atoms with E-state index in [1.54, 1.807) is 4.90 Å². The summed E-state index contributed by atoms with van der Waals surface area (Å²) < 4.78 is 0. The Kier molecular flexibility index (Phi) is 5.19. The first kappa shape index (κ1) is 17.0. The average Bonchev–Trinajstić information content (AvgIpc) is 2.74.